The lowest BCUT2D eigenvalue weighted by molar-refractivity contribution is -0.137. The van der Waals surface area contributed by atoms with Crippen molar-refractivity contribution in [1.82, 2.24) is 15.1 Å². The highest BCUT2D eigenvalue weighted by Gasteiger charge is 2.30. The number of benzene rings is 2. The summed E-state index contributed by atoms with van der Waals surface area (Å²) in [6.07, 6.45) is -4.53. The molecule has 0 atom stereocenters. The van der Waals surface area contributed by atoms with Crippen LogP contribution in [0.5, 0.6) is 5.75 Å². The van der Waals surface area contributed by atoms with Crippen LogP contribution in [-0.2, 0) is 12.7 Å². The molecule has 2 aromatic carbocycles. The number of halogens is 3. The van der Waals surface area contributed by atoms with Gasteiger partial charge >= 0.3 is 6.18 Å². The predicted molar refractivity (Wildman–Crippen MR) is 104 cm³/mol. The van der Waals surface area contributed by atoms with E-state index in [-0.39, 0.29) is 12.2 Å². The molecule has 156 valence electrons. The van der Waals surface area contributed by atoms with E-state index in [1.54, 1.807) is 24.3 Å². The number of hydrogen-bond donors (Lipinski definition) is 1. The van der Waals surface area contributed by atoms with Crippen LogP contribution >= 0.6 is 0 Å². The zero-order valence-corrected chi connectivity index (χ0v) is 16.2. The van der Waals surface area contributed by atoms with E-state index in [1.165, 1.54) is 26.2 Å². The normalized spacial score (nSPS) is 11.2. The van der Waals surface area contributed by atoms with Gasteiger partial charge in [0.2, 0.25) is 5.43 Å². The summed E-state index contributed by atoms with van der Waals surface area (Å²) in [6.45, 7) is 1.64. The van der Waals surface area contributed by atoms with Crippen molar-refractivity contribution in [3.8, 4) is 11.4 Å². The van der Waals surface area contributed by atoms with Gasteiger partial charge in [0.25, 0.3) is 5.91 Å². The molecule has 0 saturated heterocycles. The molecule has 1 aromatic heterocycles. The van der Waals surface area contributed by atoms with Gasteiger partial charge in [0.1, 0.15) is 5.75 Å². The van der Waals surface area contributed by atoms with E-state index in [0.717, 1.165) is 28.4 Å². The Labute approximate surface area is 169 Å². The number of rotatable bonds is 5. The minimum atomic E-state index is -4.53. The fourth-order valence-electron chi connectivity index (χ4n) is 2.83. The van der Waals surface area contributed by atoms with Gasteiger partial charge in [-0.25, -0.2) is 4.68 Å². The zero-order valence-electron chi connectivity index (χ0n) is 16.2. The second-order valence-electron chi connectivity index (χ2n) is 6.49. The van der Waals surface area contributed by atoms with Crippen molar-refractivity contribution in [2.75, 3.05) is 7.11 Å². The van der Waals surface area contributed by atoms with Crippen LogP contribution < -0.4 is 15.5 Å². The number of aromatic nitrogens is 2. The Morgan fingerprint density at radius 3 is 2.57 bits per heavy atom. The Balaban J connectivity index is 1.89. The number of nitrogens with one attached hydrogen (secondary N) is 1. The van der Waals surface area contributed by atoms with Crippen molar-refractivity contribution < 1.29 is 22.7 Å². The third-order valence-corrected chi connectivity index (χ3v) is 4.33. The number of ether oxygens (including phenoxy) is 1. The molecule has 0 saturated carbocycles. The first-order chi connectivity index (χ1) is 14.2. The standard InChI is InChI=1S/C21H18F3N3O3/c1-13-9-18(28)19(20(29)25-12-14-5-3-8-17(10-14)30-2)26-27(13)16-7-4-6-15(11-16)21(22,23)24/h3-11H,12H2,1-2H3,(H,25,29). The lowest BCUT2D eigenvalue weighted by atomic mass is 10.2. The highest BCUT2D eigenvalue weighted by atomic mass is 19.4. The predicted octanol–water partition coefficient (Wildman–Crippen LogP) is 3.50. The fourth-order valence-corrected chi connectivity index (χ4v) is 2.83. The van der Waals surface area contributed by atoms with Crippen LogP contribution in [-0.4, -0.2) is 22.8 Å². The van der Waals surface area contributed by atoms with Gasteiger partial charge in [-0.2, -0.15) is 18.3 Å². The Hall–Kier alpha value is -3.62. The first kappa shape index (κ1) is 21.1. The van der Waals surface area contributed by atoms with Gasteiger partial charge in [-0.05, 0) is 42.8 Å². The van der Waals surface area contributed by atoms with Crippen molar-refractivity contribution >= 4 is 5.91 Å². The summed E-state index contributed by atoms with van der Waals surface area (Å²) in [5.41, 5.74) is -0.774. The SMILES string of the molecule is COc1cccc(CNC(=O)c2nn(-c3cccc(C(F)(F)F)c3)c(C)cc2=O)c1. The van der Waals surface area contributed by atoms with Crippen LogP contribution in [0.25, 0.3) is 5.69 Å². The average molecular weight is 417 g/mol. The molecule has 1 amide bonds. The molecule has 1 heterocycles. The van der Waals surface area contributed by atoms with Crippen LogP contribution in [0.1, 0.15) is 27.3 Å². The minimum Gasteiger partial charge on any atom is -0.497 e. The maximum atomic E-state index is 13.0. The Kier molecular flexibility index (Phi) is 5.91. The largest absolute Gasteiger partial charge is 0.497 e. The number of amides is 1. The molecule has 0 fully saturated rings. The molecule has 0 aliphatic rings. The summed E-state index contributed by atoms with van der Waals surface area (Å²) >= 11 is 0. The Morgan fingerprint density at radius 1 is 1.13 bits per heavy atom. The number of methoxy groups -OCH3 is 1. The summed E-state index contributed by atoms with van der Waals surface area (Å²) in [5.74, 6) is -0.120. The molecule has 0 aliphatic carbocycles. The van der Waals surface area contributed by atoms with Crippen molar-refractivity contribution in [1.29, 1.82) is 0 Å². The van der Waals surface area contributed by atoms with Gasteiger partial charge in [-0.3, -0.25) is 9.59 Å². The first-order valence-electron chi connectivity index (χ1n) is 8.89. The van der Waals surface area contributed by atoms with E-state index in [1.807, 2.05) is 0 Å². The van der Waals surface area contributed by atoms with Crippen molar-refractivity contribution in [2.45, 2.75) is 19.6 Å². The summed E-state index contributed by atoms with van der Waals surface area (Å²) in [5, 5.41) is 6.60. The minimum absolute atomic E-state index is 0.0872. The number of aryl methyl sites for hydroxylation is 1. The maximum absolute atomic E-state index is 13.0. The molecule has 30 heavy (non-hydrogen) atoms. The van der Waals surface area contributed by atoms with E-state index in [0.29, 0.717) is 11.4 Å². The molecule has 0 bridgehead atoms. The molecule has 0 spiro atoms. The highest BCUT2D eigenvalue weighted by molar-refractivity contribution is 5.92. The molecular weight excluding hydrogens is 399 g/mol. The third kappa shape index (κ3) is 4.68. The van der Waals surface area contributed by atoms with Gasteiger partial charge in [0.15, 0.2) is 5.69 Å². The summed E-state index contributed by atoms with van der Waals surface area (Å²) in [7, 11) is 1.52. The van der Waals surface area contributed by atoms with E-state index in [4.69, 9.17) is 4.74 Å². The number of carbonyl (C=O) groups excluding carboxylic acids is 1. The number of hydrogen-bond acceptors (Lipinski definition) is 4. The fraction of sp³-hybridized carbons (Fsp3) is 0.190. The van der Waals surface area contributed by atoms with Crippen LogP contribution in [0, 0.1) is 6.92 Å². The second kappa shape index (κ2) is 8.40. The molecular formula is C21H18F3N3O3. The smallest absolute Gasteiger partial charge is 0.416 e. The number of nitrogens with zero attached hydrogens (tertiary/aromatic N) is 2. The third-order valence-electron chi connectivity index (χ3n) is 4.33. The summed E-state index contributed by atoms with van der Waals surface area (Å²) < 4.78 is 45.3. The van der Waals surface area contributed by atoms with Gasteiger partial charge in [-0.15, -0.1) is 0 Å². The molecule has 0 radical (unpaired) electrons. The highest BCUT2D eigenvalue weighted by Crippen LogP contribution is 2.30. The van der Waals surface area contributed by atoms with Crippen molar-refractivity contribution in [2.24, 2.45) is 0 Å². The molecule has 1 N–H and O–H groups in total. The summed E-state index contributed by atoms with van der Waals surface area (Å²) in [4.78, 5) is 24.8. The van der Waals surface area contributed by atoms with Crippen molar-refractivity contribution in [3.05, 3.63) is 87.3 Å². The lowest BCUT2D eigenvalue weighted by Gasteiger charge is -2.13. The van der Waals surface area contributed by atoms with Crippen molar-refractivity contribution in [3.63, 3.8) is 0 Å². The van der Waals surface area contributed by atoms with Crippen LogP contribution in [0.3, 0.4) is 0 Å². The maximum Gasteiger partial charge on any atom is 0.416 e. The molecule has 3 rings (SSSR count). The van der Waals surface area contributed by atoms with Gasteiger partial charge in [0.05, 0.1) is 18.4 Å². The lowest BCUT2D eigenvalue weighted by Crippen LogP contribution is -2.31. The van der Waals surface area contributed by atoms with Crippen LogP contribution in [0.4, 0.5) is 13.2 Å². The van der Waals surface area contributed by atoms with E-state index < -0.39 is 28.8 Å². The molecule has 9 heteroatoms. The molecule has 0 aliphatic heterocycles. The average Bonchev–Trinajstić information content (AvgIpc) is 2.71. The monoisotopic (exact) mass is 417 g/mol. The first-order valence-corrected chi connectivity index (χ1v) is 8.89. The zero-order chi connectivity index (χ0) is 21.9. The number of alkyl halides is 3. The molecule has 6 nitrogen and oxygen atoms in total. The van der Waals surface area contributed by atoms with E-state index >= 15 is 0 Å². The van der Waals surface area contributed by atoms with Gasteiger partial charge in [0, 0.05) is 18.3 Å². The van der Waals surface area contributed by atoms with Crippen LogP contribution in [0.2, 0.25) is 0 Å². The topological polar surface area (TPSA) is 73.2 Å². The second-order valence-corrected chi connectivity index (χ2v) is 6.49. The van der Waals surface area contributed by atoms with Gasteiger partial charge < -0.3 is 10.1 Å². The van der Waals surface area contributed by atoms with Crippen LogP contribution in [0.15, 0.2) is 59.4 Å². The van der Waals surface area contributed by atoms with E-state index in [2.05, 4.69) is 10.4 Å². The Bertz CT molecular complexity index is 1140. The quantitative estimate of drug-likeness (QED) is 0.690. The molecule has 3 aromatic rings. The summed E-state index contributed by atoms with van der Waals surface area (Å²) in [6, 6.07) is 12.7. The van der Waals surface area contributed by atoms with E-state index in [9.17, 15) is 22.8 Å². The van der Waals surface area contributed by atoms with Gasteiger partial charge in [-0.1, -0.05) is 18.2 Å². The molecule has 0 unspecified atom stereocenters. The number of carbonyl (C=O) groups is 1. The Morgan fingerprint density at radius 2 is 1.87 bits per heavy atom.